The van der Waals surface area contributed by atoms with Crippen LogP contribution in [0.4, 0.5) is 0 Å². The Balaban J connectivity index is 1.59. The SMILES string of the molecule is COc1ccc2c(c1)OC(c1ccc(OC)c(OC)c1)C(OC(C)=O)C2c1cc2c(cc1OC)OC(c1ccc(OC)c(OC)c1)C(OC(C)=O)C2OC(C)=O. The van der Waals surface area contributed by atoms with Crippen LogP contribution in [0.3, 0.4) is 0 Å². The molecular formula is C42H44O14. The van der Waals surface area contributed by atoms with Crippen LogP contribution < -0.4 is 37.9 Å². The number of esters is 3. The first kappa shape index (κ1) is 39.4. The molecule has 0 fully saturated rings. The second-order valence-corrected chi connectivity index (χ2v) is 13.0. The van der Waals surface area contributed by atoms with E-state index in [9.17, 15) is 14.4 Å². The average molecular weight is 773 g/mol. The highest BCUT2D eigenvalue weighted by molar-refractivity contribution is 5.69. The van der Waals surface area contributed by atoms with Crippen LogP contribution in [0.25, 0.3) is 0 Å². The topological polar surface area (TPSA) is 153 Å². The quantitative estimate of drug-likeness (QED) is 0.112. The second-order valence-electron chi connectivity index (χ2n) is 13.0. The van der Waals surface area contributed by atoms with Crippen LogP contribution >= 0.6 is 0 Å². The van der Waals surface area contributed by atoms with E-state index in [2.05, 4.69) is 0 Å². The Morgan fingerprint density at radius 1 is 0.464 bits per heavy atom. The number of hydrogen-bond donors (Lipinski definition) is 0. The summed E-state index contributed by atoms with van der Waals surface area (Å²) in [6.45, 7) is 3.85. The van der Waals surface area contributed by atoms with Crippen molar-refractivity contribution in [2.45, 2.75) is 57.2 Å². The summed E-state index contributed by atoms with van der Waals surface area (Å²) in [5.41, 5.74) is 2.74. The van der Waals surface area contributed by atoms with Gasteiger partial charge in [0.25, 0.3) is 0 Å². The molecule has 0 spiro atoms. The Kier molecular flexibility index (Phi) is 11.7. The molecule has 14 nitrogen and oxygen atoms in total. The first-order valence-corrected chi connectivity index (χ1v) is 17.6. The molecule has 0 aromatic heterocycles. The van der Waals surface area contributed by atoms with Gasteiger partial charge in [0, 0.05) is 60.7 Å². The molecule has 6 unspecified atom stereocenters. The molecule has 0 bridgehead atoms. The molecule has 6 rings (SSSR count). The van der Waals surface area contributed by atoms with Crippen molar-refractivity contribution in [3.05, 3.63) is 94.5 Å². The lowest BCUT2D eigenvalue weighted by Crippen LogP contribution is -2.40. The third-order valence-corrected chi connectivity index (χ3v) is 9.66. The zero-order chi connectivity index (χ0) is 40.3. The maximum atomic E-state index is 12.9. The Morgan fingerprint density at radius 3 is 1.46 bits per heavy atom. The first-order valence-electron chi connectivity index (χ1n) is 17.6. The summed E-state index contributed by atoms with van der Waals surface area (Å²) in [5, 5.41) is 0. The van der Waals surface area contributed by atoms with Gasteiger partial charge in [-0.2, -0.15) is 0 Å². The number of fused-ring (bicyclic) bond motifs is 2. The van der Waals surface area contributed by atoms with Crippen LogP contribution in [0.2, 0.25) is 0 Å². The minimum absolute atomic E-state index is 0.294. The fourth-order valence-corrected chi connectivity index (χ4v) is 7.30. The zero-order valence-electron chi connectivity index (χ0n) is 32.5. The molecule has 2 heterocycles. The van der Waals surface area contributed by atoms with Crippen molar-refractivity contribution in [2.75, 3.05) is 42.7 Å². The number of benzene rings is 4. The Morgan fingerprint density at radius 2 is 0.964 bits per heavy atom. The molecule has 4 aromatic carbocycles. The summed E-state index contributed by atoms with van der Waals surface area (Å²) in [7, 11) is 9.13. The Labute approximate surface area is 324 Å². The molecule has 0 N–H and O–H groups in total. The fourth-order valence-electron chi connectivity index (χ4n) is 7.30. The van der Waals surface area contributed by atoms with Gasteiger partial charge >= 0.3 is 17.9 Å². The van der Waals surface area contributed by atoms with Crippen molar-refractivity contribution in [3.63, 3.8) is 0 Å². The number of rotatable bonds is 12. The van der Waals surface area contributed by atoms with Gasteiger partial charge in [-0.15, -0.1) is 0 Å². The summed E-state index contributed by atoms with van der Waals surface area (Å²) >= 11 is 0. The molecule has 0 saturated heterocycles. The number of carbonyl (C=O) groups excluding carboxylic acids is 3. The highest BCUT2D eigenvalue weighted by Gasteiger charge is 2.48. The number of carbonyl (C=O) groups is 3. The molecule has 0 saturated carbocycles. The fraction of sp³-hybridized carbons (Fsp3) is 0.357. The first-order chi connectivity index (χ1) is 26.9. The van der Waals surface area contributed by atoms with E-state index in [-0.39, 0.29) is 0 Å². The van der Waals surface area contributed by atoms with E-state index in [4.69, 9.17) is 52.1 Å². The van der Waals surface area contributed by atoms with Gasteiger partial charge in [0.2, 0.25) is 0 Å². The van der Waals surface area contributed by atoms with Crippen LogP contribution in [0.1, 0.15) is 72.8 Å². The van der Waals surface area contributed by atoms with Crippen LogP contribution in [0, 0.1) is 0 Å². The molecule has 2 aliphatic rings. The van der Waals surface area contributed by atoms with E-state index >= 15 is 0 Å². The maximum absolute atomic E-state index is 12.9. The summed E-state index contributed by atoms with van der Waals surface area (Å²) in [6.07, 6.45) is -5.15. The lowest BCUT2D eigenvalue weighted by atomic mass is 9.78. The van der Waals surface area contributed by atoms with Crippen molar-refractivity contribution >= 4 is 17.9 Å². The van der Waals surface area contributed by atoms with Gasteiger partial charge in [0.15, 0.2) is 53.5 Å². The van der Waals surface area contributed by atoms with E-state index < -0.39 is 54.3 Å². The molecule has 0 aliphatic carbocycles. The van der Waals surface area contributed by atoms with Gasteiger partial charge in [-0.1, -0.05) is 18.2 Å². The molecular weight excluding hydrogens is 728 g/mol. The lowest BCUT2D eigenvalue weighted by Gasteiger charge is -2.41. The van der Waals surface area contributed by atoms with Gasteiger partial charge in [-0.25, -0.2) is 0 Å². The van der Waals surface area contributed by atoms with Crippen molar-refractivity contribution in [1.82, 2.24) is 0 Å². The van der Waals surface area contributed by atoms with Crippen molar-refractivity contribution in [3.8, 4) is 46.0 Å². The summed E-state index contributed by atoms with van der Waals surface area (Å²) in [6, 6.07) is 19.2. The maximum Gasteiger partial charge on any atom is 0.303 e. The molecule has 0 radical (unpaired) electrons. The zero-order valence-corrected chi connectivity index (χ0v) is 32.5. The standard InChI is InChI=1S/C42H44O14/c1-21(43)52-40-29-19-28(32(49-7)20-34(29)56-39(42(40)54-23(3)45)25-11-15-31(48-6)36(17-25)51-9)37-27-13-12-26(46-4)18-33(27)55-38(41(37)53-22(2)44)24-10-14-30(47-5)35(16-24)50-8/h10-20,37-42H,1-9H3. The minimum Gasteiger partial charge on any atom is -0.497 e. The van der Waals surface area contributed by atoms with Crippen molar-refractivity contribution < 1.29 is 66.5 Å². The number of ether oxygens (including phenoxy) is 11. The molecule has 14 heteroatoms. The van der Waals surface area contributed by atoms with Crippen LogP contribution in [0.5, 0.6) is 46.0 Å². The van der Waals surface area contributed by atoms with E-state index in [0.29, 0.717) is 73.8 Å². The molecule has 4 aromatic rings. The predicted octanol–water partition coefficient (Wildman–Crippen LogP) is 6.61. The molecule has 56 heavy (non-hydrogen) atoms. The highest BCUT2D eigenvalue weighted by Crippen LogP contribution is 2.54. The Bertz CT molecular complexity index is 2110. The summed E-state index contributed by atoms with van der Waals surface area (Å²) in [4.78, 5) is 38.5. The van der Waals surface area contributed by atoms with Crippen LogP contribution in [-0.4, -0.2) is 72.8 Å². The smallest absolute Gasteiger partial charge is 0.303 e. The monoisotopic (exact) mass is 772 g/mol. The summed E-state index contributed by atoms with van der Waals surface area (Å²) < 4.78 is 65.0. The van der Waals surface area contributed by atoms with Gasteiger partial charge in [0.05, 0.1) is 48.6 Å². The second kappa shape index (κ2) is 16.6. The summed E-state index contributed by atoms with van der Waals surface area (Å²) in [5.74, 6) is 0.904. The number of methoxy groups -OCH3 is 6. The minimum atomic E-state index is -1.16. The van der Waals surface area contributed by atoms with E-state index in [1.54, 1.807) is 67.8 Å². The van der Waals surface area contributed by atoms with Gasteiger partial charge in [-0.3, -0.25) is 14.4 Å². The van der Waals surface area contributed by atoms with E-state index in [0.717, 1.165) is 0 Å². The number of hydrogen-bond acceptors (Lipinski definition) is 14. The third-order valence-electron chi connectivity index (χ3n) is 9.66. The normalized spacial score (nSPS) is 20.7. The predicted molar refractivity (Wildman–Crippen MR) is 199 cm³/mol. The molecule has 296 valence electrons. The van der Waals surface area contributed by atoms with Gasteiger partial charge in [0.1, 0.15) is 23.0 Å². The molecule has 0 amide bonds. The van der Waals surface area contributed by atoms with Crippen LogP contribution in [0.15, 0.2) is 66.7 Å². The molecule has 2 aliphatic heterocycles. The van der Waals surface area contributed by atoms with Crippen molar-refractivity contribution in [2.24, 2.45) is 0 Å². The van der Waals surface area contributed by atoms with E-state index in [1.807, 2.05) is 6.07 Å². The van der Waals surface area contributed by atoms with Crippen LogP contribution in [-0.2, 0) is 28.6 Å². The van der Waals surface area contributed by atoms with Gasteiger partial charge in [-0.05, 0) is 36.4 Å². The molecule has 6 atom stereocenters. The highest BCUT2D eigenvalue weighted by atomic mass is 16.6. The largest absolute Gasteiger partial charge is 0.497 e. The van der Waals surface area contributed by atoms with Gasteiger partial charge < -0.3 is 52.1 Å². The third kappa shape index (κ3) is 7.63. The Hall–Kier alpha value is -6.31. The van der Waals surface area contributed by atoms with Crippen molar-refractivity contribution in [1.29, 1.82) is 0 Å². The lowest BCUT2D eigenvalue weighted by molar-refractivity contribution is -0.178. The average Bonchev–Trinajstić information content (AvgIpc) is 3.19. The van der Waals surface area contributed by atoms with E-state index in [1.165, 1.54) is 56.3 Å².